The van der Waals surface area contributed by atoms with E-state index in [4.69, 9.17) is 9.47 Å². The zero-order valence-electron chi connectivity index (χ0n) is 13.3. The van der Waals surface area contributed by atoms with Crippen LogP contribution in [0, 0.1) is 6.92 Å². The van der Waals surface area contributed by atoms with Crippen molar-refractivity contribution in [3.05, 3.63) is 30.0 Å². The number of aromatic nitrogens is 2. The SMILES string of the molecule is COCCC(=O)Nc1c(-c2ccc(OC)cc2)c(C)nn1C. The molecule has 0 fully saturated rings. The van der Waals surface area contributed by atoms with Gasteiger partial charge in [0, 0.05) is 19.7 Å². The third-order valence-corrected chi connectivity index (χ3v) is 3.39. The summed E-state index contributed by atoms with van der Waals surface area (Å²) >= 11 is 0. The van der Waals surface area contributed by atoms with Gasteiger partial charge in [0.05, 0.1) is 25.8 Å². The van der Waals surface area contributed by atoms with Crippen molar-refractivity contribution in [1.29, 1.82) is 0 Å². The predicted octanol–water partition coefficient (Wildman–Crippen LogP) is 2.38. The molecule has 0 spiro atoms. The number of methoxy groups -OCH3 is 2. The molecule has 0 atom stereocenters. The Kier molecular flexibility index (Phi) is 5.16. The van der Waals surface area contributed by atoms with Gasteiger partial charge in [0.15, 0.2) is 0 Å². The zero-order chi connectivity index (χ0) is 16.1. The minimum absolute atomic E-state index is 0.0976. The number of benzene rings is 1. The lowest BCUT2D eigenvalue weighted by atomic mass is 10.1. The maximum atomic E-state index is 12.0. The molecule has 0 saturated heterocycles. The van der Waals surface area contributed by atoms with Crippen molar-refractivity contribution in [2.24, 2.45) is 7.05 Å². The summed E-state index contributed by atoms with van der Waals surface area (Å²) in [6.07, 6.45) is 0.308. The van der Waals surface area contributed by atoms with Crippen molar-refractivity contribution in [1.82, 2.24) is 9.78 Å². The van der Waals surface area contributed by atoms with E-state index in [1.807, 2.05) is 38.2 Å². The molecule has 6 heteroatoms. The maximum Gasteiger partial charge on any atom is 0.227 e. The van der Waals surface area contributed by atoms with Crippen LogP contribution in [0.15, 0.2) is 24.3 Å². The van der Waals surface area contributed by atoms with E-state index in [0.717, 1.165) is 22.6 Å². The number of carbonyl (C=O) groups is 1. The Balaban J connectivity index is 2.32. The lowest BCUT2D eigenvalue weighted by molar-refractivity contribution is -0.117. The Morgan fingerprint density at radius 3 is 2.55 bits per heavy atom. The van der Waals surface area contributed by atoms with Crippen LogP contribution in [-0.4, -0.2) is 36.5 Å². The van der Waals surface area contributed by atoms with Crippen LogP contribution in [0.4, 0.5) is 5.82 Å². The molecular formula is C16H21N3O3. The molecule has 1 amide bonds. The normalized spacial score (nSPS) is 10.5. The van der Waals surface area contributed by atoms with Crippen molar-refractivity contribution in [3.63, 3.8) is 0 Å². The van der Waals surface area contributed by atoms with Crippen LogP contribution in [0.3, 0.4) is 0 Å². The van der Waals surface area contributed by atoms with Crippen LogP contribution < -0.4 is 10.1 Å². The molecular weight excluding hydrogens is 282 g/mol. The second-order valence-electron chi connectivity index (χ2n) is 4.95. The summed E-state index contributed by atoms with van der Waals surface area (Å²) < 4.78 is 11.8. The quantitative estimate of drug-likeness (QED) is 0.890. The summed E-state index contributed by atoms with van der Waals surface area (Å²) in [6, 6.07) is 7.68. The van der Waals surface area contributed by atoms with Crippen LogP contribution in [0.25, 0.3) is 11.1 Å². The fourth-order valence-electron chi connectivity index (χ4n) is 2.29. The summed E-state index contributed by atoms with van der Waals surface area (Å²) in [5.41, 5.74) is 2.75. The number of hydrogen-bond donors (Lipinski definition) is 1. The molecule has 1 aromatic carbocycles. The van der Waals surface area contributed by atoms with Crippen LogP contribution >= 0.6 is 0 Å². The lowest BCUT2D eigenvalue weighted by Gasteiger charge is -2.09. The van der Waals surface area contributed by atoms with Gasteiger partial charge in [0.1, 0.15) is 11.6 Å². The van der Waals surface area contributed by atoms with E-state index in [1.54, 1.807) is 18.9 Å². The molecule has 6 nitrogen and oxygen atoms in total. The minimum atomic E-state index is -0.0976. The number of nitrogens with zero attached hydrogens (tertiary/aromatic N) is 2. The van der Waals surface area contributed by atoms with Crippen LogP contribution in [0.1, 0.15) is 12.1 Å². The predicted molar refractivity (Wildman–Crippen MR) is 85.1 cm³/mol. The second kappa shape index (κ2) is 7.09. The summed E-state index contributed by atoms with van der Waals surface area (Å²) in [5, 5.41) is 7.31. The summed E-state index contributed by atoms with van der Waals surface area (Å²) in [5.74, 6) is 1.37. The topological polar surface area (TPSA) is 65.4 Å². The molecule has 2 rings (SSSR count). The van der Waals surface area contributed by atoms with Crippen molar-refractivity contribution in [2.45, 2.75) is 13.3 Å². The first-order chi connectivity index (χ1) is 10.6. The molecule has 0 radical (unpaired) electrons. The van der Waals surface area contributed by atoms with Gasteiger partial charge in [-0.1, -0.05) is 12.1 Å². The number of ether oxygens (including phenoxy) is 2. The molecule has 1 N–H and O–H groups in total. The first-order valence-corrected chi connectivity index (χ1v) is 7.03. The minimum Gasteiger partial charge on any atom is -0.497 e. The fourth-order valence-corrected chi connectivity index (χ4v) is 2.29. The number of aryl methyl sites for hydroxylation is 2. The molecule has 2 aromatic rings. The summed E-state index contributed by atoms with van der Waals surface area (Å²) in [4.78, 5) is 12.0. The van der Waals surface area contributed by atoms with E-state index in [2.05, 4.69) is 10.4 Å². The number of rotatable bonds is 6. The number of carbonyl (C=O) groups excluding carboxylic acids is 1. The molecule has 1 heterocycles. The van der Waals surface area contributed by atoms with E-state index < -0.39 is 0 Å². The Morgan fingerprint density at radius 1 is 1.27 bits per heavy atom. The largest absolute Gasteiger partial charge is 0.497 e. The number of amides is 1. The Hall–Kier alpha value is -2.34. The smallest absolute Gasteiger partial charge is 0.227 e. The second-order valence-corrected chi connectivity index (χ2v) is 4.95. The van der Waals surface area contributed by atoms with Gasteiger partial charge < -0.3 is 14.8 Å². The van der Waals surface area contributed by atoms with Crippen molar-refractivity contribution in [2.75, 3.05) is 26.1 Å². The maximum absolute atomic E-state index is 12.0. The molecule has 0 unspecified atom stereocenters. The van der Waals surface area contributed by atoms with E-state index >= 15 is 0 Å². The van der Waals surface area contributed by atoms with Crippen LogP contribution in [-0.2, 0) is 16.6 Å². The van der Waals surface area contributed by atoms with Gasteiger partial charge in [-0.15, -0.1) is 0 Å². The van der Waals surface area contributed by atoms with Gasteiger partial charge in [-0.05, 0) is 24.6 Å². The number of nitrogens with one attached hydrogen (secondary N) is 1. The molecule has 0 aliphatic carbocycles. The van der Waals surface area contributed by atoms with Gasteiger partial charge in [-0.3, -0.25) is 9.48 Å². The van der Waals surface area contributed by atoms with E-state index in [0.29, 0.717) is 18.8 Å². The highest BCUT2D eigenvalue weighted by molar-refractivity contribution is 5.94. The number of anilines is 1. The molecule has 118 valence electrons. The molecule has 0 aliphatic heterocycles. The first-order valence-electron chi connectivity index (χ1n) is 7.03. The Labute approximate surface area is 130 Å². The Bertz CT molecular complexity index is 647. The standard InChI is InChI=1S/C16H21N3O3/c1-11-15(12-5-7-13(22-4)8-6-12)16(19(2)18-11)17-14(20)9-10-21-3/h5-8H,9-10H2,1-4H3,(H,17,20). The first kappa shape index (κ1) is 16.0. The van der Waals surface area contributed by atoms with E-state index in [1.165, 1.54) is 0 Å². The fraction of sp³-hybridized carbons (Fsp3) is 0.375. The highest BCUT2D eigenvalue weighted by atomic mass is 16.5. The van der Waals surface area contributed by atoms with E-state index in [-0.39, 0.29) is 5.91 Å². The van der Waals surface area contributed by atoms with Crippen LogP contribution in [0.5, 0.6) is 5.75 Å². The monoisotopic (exact) mass is 303 g/mol. The molecule has 0 bridgehead atoms. The zero-order valence-corrected chi connectivity index (χ0v) is 13.3. The average molecular weight is 303 g/mol. The van der Waals surface area contributed by atoms with Gasteiger partial charge in [0.2, 0.25) is 5.91 Å². The third-order valence-electron chi connectivity index (χ3n) is 3.39. The molecule has 0 saturated carbocycles. The van der Waals surface area contributed by atoms with E-state index in [9.17, 15) is 4.79 Å². The van der Waals surface area contributed by atoms with Crippen molar-refractivity contribution >= 4 is 11.7 Å². The Morgan fingerprint density at radius 2 is 1.95 bits per heavy atom. The highest BCUT2D eigenvalue weighted by Crippen LogP contribution is 2.32. The average Bonchev–Trinajstić information content (AvgIpc) is 2.79. The van der Waals surface area contributed by atoms with Crippen LogP contribution in [0.2, 0.25) is 0 Å². The molecule has 22 heavy (non-hydrogen) atoms. The molecule has 1 aromatic heterocycles. The molecule has 0 aliphatic rings. The van der Waals surface area contributed by atoms with Gasteiger partial charge in [-0.25, -0.2) is 0 Å². The third kappa shape index (κ3) is 3.46. The highest BCUT2D eigenvalue weighted by Gasteiger charge is 2.17. The summed E-state index contributed by atoms with van der Waals surface area (Å²) in [7, 11) is 5.02. The van der Waals surface area contributed by atoms with Crippen molar-refractivity contribution in [3.8, 4) is 16.9 Å². The number of hydrogen-bond acceptors (Lipinski definition) is 4. The van der Waals surface area contributed by atoms with Gasteiger partial charge in [-0.2, -0.15) is 5.10 Å². The van der Waals surface area contributed by atoms with Crippen molar-refractivity contribution < 1.29 is 14.3 Å². The van der Waals surface area contributed by atoms with Gasteiger partial charge in [0.25, 0.3) is 0 Å². The summed E-state index contributed by atoms with van der Waals surface area (Å²) in [6.45, 7) is 2.31. The van der Waals surface area contributed by atoms with Gasteiger partial charge >= 0.3 is 0 Å². The lowest BCUT2D eigenvalue weighted by Crippen LogP contribution is -2.16.